The maximum atomic E-state index is 11.5. The van der Waals surface area contributed by atoms with Gasteiger partial charge in [0.1, 0.15) is 0 Å². The average Bonchev–Trinajstić information content (AvgIpc) is 2.15. The highest BCUT2D eigenvalue weighted by molar-refractivity contribution is 5.81. The first kappa shape index (κ1) is 12.4. The summed E-state index contributed by atoms with van der Waals surface area (Å²) in [5.41, 5.74) is 5.63. The second-order valence-electron chi connectivity index (χ2n) is 3.48. The molecule has 2 N–H and O–H groups in total. The summed E-state index contributed by atoms with van der Waals surface area (Å²) in [4.78, 5) is 13.2. The molecule has 0 saturated heterocycles. The van der Waals surface area contributed by atoms with Crippen LogP contribution >= 0.6 is 0 Å². The van der Waals surface area contributed by atoms with Crippen LogP contribution in [-0.4, -0.2) is 30.4 Å². The third kappa shape index (κ3) is 4.88. The van der Waals surface area contributed by atoms with Crippen molar-refractivity contribution in [1.29, 1.82) is 0 Å². The standard InChI is InChI=1S/C10H22N2O/c1-4-6-7-8-12(3)10(13)9(11)5-2/h9H,4-8,11H2,1-3H3/t9-/m0/s1. The van der Waals surface area contributed by atoms with Crippen molar-refractivity contribution >= 4 is 5.91 Å². The topological polar surface area (TPSA) is 46.3 Å². The van der Waals surface area contributed by atoms with Crippen molar-refractivity contribution in [1.82, 2.24) is 4.90 Å². The molecule has 0 aliphatic rings. The molecule has 0 aromatic carbocycles. The van der Waals surface area contributed by atoms with E-state index in [0.717, 1.165) is 19.4 Å². The van der Waals surface area contributed by atoms with Gasteiger partial charge in [0, 0.05) is 13.6 Å². The molecule has 0 aliphatic carbocycles. The largest absolute Gasteiger partial charge is 0.344 e. The van der Waals surface area contributed by atoms with E-state index >= 15 is 0 Å². The number of unbranched alkanes of at least 4 members (excludes halogenated alkanes) is 2. The minimum atomic E-state index is -0.313. The minimum absolute atomic E-state index is 0.0682. The third-order valence-corrected chi connectivity index (χ3v) is 2.23. The van der Waals surface area contributed by atoms with E-state index < -0.39 is 0 Å². The molecule has 78 valence electrons. The Labute approximate surface area is 81.3 Å². The Balaban J connectivity index is 3.69. The van der Waals surface area contributed by atoms with Crippen molar-refractivity contribution < 1.29 is 4.79 Å². The van der Waals surface area contributed by atoms with Crippen LogP contribution in [-0.2, 0) is 4.79 Å². The number of hydrogen-bond donors (Lipinski definition) is 1. The smallest absolute Gasteiger partial charge is 0.239 e. The molecule has 3 heteroatoms. The zero-order valence-electron chi connectivity index (χ0n) is 9.05. The fourth-order valence-corrected chi connectivity index (χ4v) is 1.17. The Kier molecular flexibility index (Phi) is 6.59. The number of nitrogens with zero attached hydrogens (tertiary/aromatic N) is 1. The summed E-state index contributed by atoms with van der Waals surface area (Å²) < 4.78 is 0. The monoisotopic (exact) mass is 186 g/mol. The van der Waals surface area contributed by atoms with Gasteiger partial charge >= 0.3 is 0 Å². The van der Waals surface area contributed by atoms with E-state index in [9.17, 15) is 4.79 Å². The first-order chi connectivity index (χ1) is 6.13. The van der Waals surface area contributed by atoms with E-state index in [1.165, 1.54) is 12.8 Å². The fraction of sp³-hybridized carbons (Fsp3) is 0.900. The van der Waals surface area contributed by atoms with E-state index in [0.29, 0.717) is 0 Å². The van der Waals surface area contributed by atoms with Crippen LogP contribution in [0.1, 0.15) is 39.5 Å². The van der Waals surface area contributed by atoms with Gasteiger partial charge in [0.25, 0.3) is 0 Å². The number of carbonyl (C=O) groups excluding carboxylic acids is 1. The summed E-state index contributed by atoms with van der Waals surface area (Å²) in [6.07, 6.45) is 4.16. The second kappa shape index (κ2) is 6.89. The molecular formula is C10H22N2O. The predicted molar refractivity (Wildman–Crippen MR) is 55.4 cm³/mol. The molecule has 0 bridgehead atoms. The van der Waals surface area contributed by atoms with Gasteiger partial charge in [-0.1, -0.05) is 26.7 Å². The van der Waals surface area contributed by atoms with Crippen LogP contribution in [0.15, 0.2) is 0 Å². The van der Waals surface area contributed by atoms with Gasteiger partial charge in [-0.2, -0.15) is 0 Å². The maximum Gasteiger partial charge on any atom is 0.239 e. The van der Waals surface area contributed by atoms with Gasteiger partial charge in [0.05, 0.1) is 6.04 Å². The maximum absolute atomic E-state index is 11.5. The van der Waals surface area contributed by atoms with Crippen molar-refractivity contribution in [3.05, 3.63) is 0 Å². The number of carbonyl (C=O) groups is 1. The van der Waals surface area contributed by atoms with Crippen molar-refractivity contribution in [2.24, 2.45) is 5.73 Å². The molecule has 1 atom stereocenters. The second-order valence-corrected chi connectivity index (χ2v) is 3.48. The summed E-state index contributed by atoms with van der Waals surface area (Å²) in [6.45, 7) is 4.92. The van der Waals surface area contributed by atoms with E-state index in [2.05, 4.69) is 6.92 Å². The molecule has 0 rings (SSSR count). The Bertz CT molecular complexity index is 148. The van der Waals surface area contributed by atoms with E-state index in [1.807, 2.05) is 14.0 Å². The molecular weight excluding hydrogens is 164 g/mol. The highest BCUT2D eigenvalue weighted by atomic mass is 16.2. The molecule has 0 unspecified atom stereocenters. The van der Waals surface area contributed by atoms with Gasteiger partial charge in [0.15, 0.2) is 0 Å². The first-order valence-electron chi connectivity index (χ1n) is 5.14. The van der Waals surface area contributed by atoms with E-state index in [4.69, 9.17) is 5.73 Å². The Morgan fingerprint density at radius 1 is 1.38 bits per heavy atom. The van der Waals surface area contributed by atoms with Crippen LogP contribution in [0.25, 0.3) is 0 Å². The lowest BCUT2D eigenvalue weighted by molar-refractivity contribution is -0.131. The quantitative estimate of drug-likeness (QED) is 0.637. The molecule has 0 aliphatic heterocycles. The molecule has 1 amide bonds. The van der Waals surface area contributed by atoms with Crippen molar-refractivity contribution in [2.75, 3.05) is 13.6 Å². The van der Waals surface area contributed by atoms with Crippen LogP contribution < -0.4 is 5.73 Å². The fourth-order valence-electron chi connectivity index (χ4n) is 1.17. The number of rotatable bonds is 6. The van der Waals surface area contributed by atoms with Gasteiger partial charge in [-0.15, -0.1) is 0 Å². The van der Waals surface area contributed by atoms with Gasteiger partial charge < -0.3 is 10.6 Å². The molecule has 0 spiro atoms. The molecule has 13 heavy (non-hydrogen) atoms. The third-order valence-electron chi connectivity index (χ3n) is 2.23. The molecule has 0 heterocycles. The summed E-state index contributed by atoms with van der Waals surface area (Å²) in [5, 5.41) is 0. The molecule has 0 saturated carbocycles. The first-order valence-corrected chi connectivity index (χ1v) is 5.14. The number of likely N-dealkylation sites (N-methyl/N-ethyl adjacent to an activating group) is 1. The lowest BCUT2D eigenvalue weighted by Gasteiger charge is -2.20. The Morgan fingerprint density at radius 3 is 2.46 bits per heavy atom. The van der Waals surface area contributed by atoms with Gasteiger partial charge in [-0.25, -0.2) is 0 Å². The predicted octanol–water partition coefficient (Wildman–Crippen LogP) is 1.37. The normalized spacial score (nSPS) is 12.6. The number of hydrogen-bond acceptors (Lipinski definition) is 2. The minimum Gasteiger partial charge on any atom is -0.344 e. The van der Waals surface area contributed by atoms with Crippen molar-refractivity contribution in [3.63, 3.8) is 0 Å². The molecule has 3 nitrogen and oxygen atoms in total. The summed E-state index contributed by atoms with van der Waals surface area (Å²) in [6, 6.07) is -0.313. The summed E-state index contributed by atoms with van der Waals surface area (Å²) in [7, 11) is 1.83. The SMILES string of the molecule is CCCCCN(C)C(=O)[C@@H](N)CC. The van der Waals surface area contributed by atoms with Gasteiger partial charge in [0.2, 0.25) is 5.91 Å². The summed E-state index contributed by atoms with van der Waals surface area (Å²) >= 11 is 0. The van der Waals surface area contributed by atoms with Crippen molar-refractivity contribution in [2.45, 2.75) is 45.6 Å². The molecule has 0 aromatic heterocycles. The molecule has 0 radical (unpaired) electrons. The van der Waals surface area contributed by atoms with Crippen LogP contribution in [0.4, 0.5) is 0 Å². The Morgan fingerprint density at radius 2 is 2.00 bits per heavy atom. The van der Waals surface area contributed by atoms with Crippen LogP contribution in [0, 0.1) is 0 Å². The van der Waals surface area contributed by atoms with Gasteiger partial charge in [-0.05, 0) is 12.8 Å². The highest BCUT2D eigenvalue weighted by Crippen LogP contribution is 1.99. The zero-order valence-corrected chi connectivity index (χ0v) is 9.05. The van der Waals surface area contributed by atoms with Crippen LogP contribution in [0.5, 0.6) is 0 Å². The van der Waals surface area contributed by atoms with Crippen LogP contribution in [0.2, 0.25) is 0 Å². The van der Waals surface area contributed by atoms with Gasteiger partial charge in [-0.3, -0.25) is 4.79 Å². The van der Waals surface area contributed by atoms with Crippen molar-refractivity contribution in [3.8, 4) is 0 Å². The Hall–Kier alpha value is -0.570. The summed E-state index contributed by atoms with van der Waals surface area (Å²) in [5.74, 6) is 0.0682. The lowest BCUT2D eigenvalue weighted by Crippen LogP contribution is -2.41. The van der Waals surface area contributed by atoms with E-state index in [-0.39, 0.29) is 11.9 Å². The van der Waals surface area contributed by atoms with E-state index in [1.54, 1.807) is 4.90 Å². The number of nitrogens with two attached hydrogens (primary N) is 1. The number of amides is 1. The average molecular weight is 186 g/mol. The van der Waals surface area contributed by atoms with Crippen LogP contribution in [0.3, 0.4) is 0 Å². The zero-order chi connectivity index (χ0) is 10.3. The highest BCUT2D eigenvalue weighted by Gasteiger charge is 2.14. The molecule has 0 fully saturated rings. The lowest BCUT2D eigenvalue weighted by atomic mass is 10.2. The molecule has 0 aromatic rings.